The van der Waals surface area contributed by atoms with E-state index in [4.69, 9.17) is 0 Å². The number of nitrogens with zero attached hydrogens (tertiary/aromatic N) is 3. The third-order valence-electron chi connectivity index (χ3n) is 2.40. The molecule has 2 aromatic rings. The highest BCUT2D eigenvalue weighted by atomic mass is 32.2. The van der Waals surface area contributed by atoms with Crippen molar-refractivity contribution in [3.8, 4) is 0 Å². The number of hydrogen-bond acceptors (Lipinski definition) is 6. The molecule has 0 bridgehead atoms. The fourth-order valence-corrected chi connectivity index (χ4v) is 2.33. The summed E-state index contributed by atoms with van der Waals surface area (Å²) in [6.45, 7) is 1.77. The minimum atomic E-state index is -3.73. The van der Waals surface area contributed by atoms with E-state index < -0.39 is 10.0 Å². The van der Waals surface area contributed by atoms with E-state index in [1.807, 2.05) is 0 Å². The van der Waals surface area contributed by atoms with Crippen LogP contribution >= 0.6 is 0 Å². The molecule has 0 atom stereocenters. The Kier molecular flexibility index (Phi) is 3.61. The lowest BCUT2D eigenvalue weighted by molar-refractivity contribution is 0.600. The first-order valence-electron chi connectivity index (χ1n) is 5.47. The number of pyridine rings is 1. The molecule has 8 heteroatoms. The zero-order chi connectivity index (χ0) is 13.9. The lowest BCUT2D eigenvalue weighted by Crippen LogP contribution is -2.15. The molecule has 0 spiro atoms. The molecule has 2 aromatic heterocycles. The number of hydrogen-bond donors (Lipinski definition) is 2. The Bertz CT molecular complexity index is 670. The average molecular weight is 279 g/mol. The van der Waals surface area contributed by atoms with Crippen LogP contribution in [0.1, 0.15) is 5.56 Å². The first-order chi connectivity index (χ1) is 9.03. The van der Waals surface area contributed by atoms with Gasteiger partial charge in [0, 0.05) is 13.2 Å². The molecule has 0 aromatic carbocycles. The maximum atomic E-state index is 12.1. The van der Waals surface area contributed by atoms with Crippen LogP contribution in [0.2, 0.25) is 0 Å². The highest BCUT2D eigenvalue weighted by Gasteiger charge is 2.16. The summed E-state index contributed by atoms with van der Waals surface area (Å²) in [6.07, 6.45) is 3.99. The summed E-state index contributed by atoms with van der Waals surface area (Å²) in [6, 6.07) is 3.50. The van der Waals surface area contributed by atoms with E-state index in [0.29, 0.717) is 11.8 Å². The maximum absolute atomic E-state index is 12.1. The molecule has 2 N–H and O–H groups in total. The summed E-state index contributed by atoms with van der Waals surface area (Å²) in [5, 5.41) is 2.71. The third-order valence-corrected chi connectivity index (χ3v) is 3.70. The van der Waals surface area contributed by atoms with E-state index in [0.717, 1.165) is 5.56 Å². The van der Waals surface area contributed by atoms with Crippen molar-refractivity contribution in [2.75, 3.05) is 17.1 Å². The largest absolute Gasteiger partial charge is 0.357 e. The van der Waals surface area contributed by atoms with E-state index in [-0.39, 0.29) is 4.90 Å². The molecule has 0 radical (unpaired) electrons. The van der Waals surface area contributed by atoms with Crippen LogP contribution in [0.5, 0.6) is 0 Å². The summed E-state index contributed by atoms with van der Waals surface area (Å²) in [7, 11) is -2.07. The Morgan fingerprint density at radius 2 is 1.84 bits per heavy atom. The van der Waals surface area contributed by atoms with Gasteiger partial charge in [0.15, 0.2) is 0 Å². The highest BCUT2D eigenvalue weighted by Crippen LogP contribution is 2.16. The van der Waals surface area contributed by atoms with Crippen LogP contribution in [-0.2, 0) is 10.0 Å². The second-order valence-corrected chi connectivity index (χ2v) is 5.45. The maximum Gasteiger partial charge on any atom is 0.266 e. The van der Waals surface area contributed by atoms with Crippen LogP contribution in [0, 0.1) is 6.92 Å². The van der Waals surface area contributed by atoms with Crippen LogP contribution < -0.4 is 10.0 Å². The first-order valence-corrected chi connectivity index (χ1v) is 6.95. The van der Waals surface area contributed by atoms with Crippen molar-refractivity contribution in [3.05, 3.63) is 36.3 Å². The van der Waals surface area contributed by atoms with Gasteiger partial charge < -0.3 is 5.32 Å². The van der Waals surface area contributed by atoms with Gasteiger partial charge in [0.05, 0.1) is 12.4 Å². The molecular formula is C11H13N5O2S. The van der Waals surface area contributed by atoms with Crippen molar-refractivity contribution in [2.45, 2.75) is 11.8 Å². The van der Waals surface area contributed by atoms with Crippen LogP contribution in [-0.4, -0.2) is 30.4 Å². The van der Waals surface area contributed by atoms with E-state index in [1.54, 1.807) is 26.1 Å². The van der Waals surface area contributed by atoms with Crippen LogP contribution in [0.15, 0.2) is 35.6 Å². The van der Waals surface area contributed by atoms with Crippen molar-refractivity contribution < 1.29 is 8.42 Å². The summed E-state index contributed by atoms with van der Waals surface area (Å²) in [4.78, 5) is 11.7. The fraction of sp³-hybridized carbons (Fsp3) is 0.182. The Morgan fingerprint density at radius 3 is 2.42 bits per heavy atom. The quantitative estimate of drug-likeness (QED) is 0.867. The van der Waals surface area contributed by atoms with Crippen LogP contribution in [0.4, 0.5) is 11.8 Å². The number of nitrogens with one attached hydrogen (secondary N) is 2. The standard InChI is InChI=1S/C11H13N5O2S/c1-8-4-3-5-13-10(8)16-19(17,18)9-6-14-11(12-2)15-7-9/h3-7H,1-2H3,(H,13,16)(H,12,14,15). The van der Waals surface area contributed by atoms with Gasteiger partial charge in [-0.1, -0.05) is 6.07 Å². The van der Waals surface area contributed by atoms with Gasteiger partial charge >= 0.3 is 0 Å². The predicted octanol–water partition coefficient (Wildman–Crippen LogP) is 1.02. The van der Waals surface area contributed by atoms with Gasteiger partial charge in [-0.3, -0.25) is 4.72 Å². The van der Waals surface area contributed by atoms with Crippen LogP contribution in [0.3, 0.4) is 0 Å². The van der Waals surface area contributed by atoms with Gasteiger partial charge in [-0.25, -0.2) is 23.4 Å². The van der Waals surface area contributed by atoms with Crippen molar-refractivity contribution in [1.29, 1.82) is 0 Å². The molecule has 0 aliphatic rings. The van der Waals surface area contributed by atoms with Gasteiger partial charge in [0.1, 0.15) is 10.7 Å². The van der Waals surface area contributed by atoms with E-state index in [9.17, 15) is 8.42 Å². The first kappa shape index (κ1) is 13.2. The molecular weight excluding hydrogens is 266 g/mol. The average Bonchev–Trinajstić information content (AvgIpc) is 2.41. The zero-order valence-electron chi connectivity index (χ0n) is 10.5. The normalized spacial score (nSPS) is 11.1. The zero-order valence-corrected chi connectivity index (χ0v) is 11.3. The number of aryl methyl sites for hydroxylation is 1. The molecule has 2 rings (SSSR count). The van der Waals surface area contributed by atoms with Crippen molar-refractivity contribution in [2.24, 2.45) is 0 Å². The molecule has 0 amide bonds. The van der Waals surface area contributed by atoms with Gasteiger partial charge in [-0.05, 0) is 18.6 Å². The van der Waals surface area contributed by atoms with Gasteiger partial charge in [-0.15, -0.1) is 0 Å². The highest BCUT2D eigenvalue weighted by molar-refractivity contribution is 7.92. The second kappa shape index (κ2) is 5.19. The molecule has 0 aliphatic carbocycles. The lowest BCUT2D eigenvalue weighted by Gasteiger charge is -2.08. The molecule has 0 aliphatic heterocycles. The molecule has 2 heterocycles. The molecule has 19 heavy (non-hydrogen) atoms. The SMILES string of the molecule is CNc1ncc(S(=O)(=O)Nc2ncccc2C)cn1. The second-order valence-electron chi connectivity index (χ2n) is 3.77. The van der Waals surface area contributed by atoms with E-state index >= 15 is 0 Å². The van der Waals surface area contributed by atoms with E-state index in [1.165, 1.54) is 18.6 Å². The predicted molar refractivity (Wildman–Crippen MR) is 71.4 cm³/mol. The Balaban J connectivity index is 2.30. The van der Waals surface area contributed by atoms with Crippen molar-refractivity contribution in [3.63, 3.8) is 0 Å². The monoisotopic (exact) mass is 279 g/mol. The van der Waals surface area contributed by atoms with Gasteiger partial charge in [0.2, 0.25) is 5.95 Å². The Hall–Kier alpha value is -2.22. The summed E-state index contributed by atoms with van der Waals surface area (Å²) in [5.41, 5.74) is 0.735. The number of rotatable bonds is 4. The molecule has 0 unspecified atom stereocenters. The number of sulfonamides is 1. The Morgan fingerprint density at radius 1 is 1.16 bits per heavy atom. The van der Waals surface area contributed by atoms with Crippen molar-refractivity contribution in [1.82, 2.24) is 15.0 Å². The smallest absolute Gasteiger partial charge is 0.266 e. The fourth-order valence-electron chi connectivity index (χ4n) is 1.36. The lowest BCUT2D eigenvalue weighted by atomic mass is 10.3. The van der Waals surface area contributed by atoms with Gasteiger partial charge in [0.25, 0.3) is 10.0 Å². The number of anilines is 2. The minimum absolute atomic E-state index is 0.0171. The molecule has 0 saturated heterocycles. The topological polar surface area (TPSA) is 96.9 Å². The number of aromatic nitrogens is 3. The molecule has 7 nitrogen and oxygen atoms in total. The summed E-state index contributed by atoms with van der Waals surface area (Å²) in [5.74, 6) is 0.646. The summed E-state index contributed by atoms with van der Waals surface area (Å²) >= 11 is 0. The molecule has 0 fully saturated rings. The van der Waals surface area contributed by atoms with Crippen LogP contribution in [0.25, 0.3) is 0 Å². The third kappa shape index (κ3) is 2.97. The molecule has 100 valence electrons. The van der Waals surface area contributed by atoms with E-state index in [2.05, 4.69) is 25.0 Å². The Labute approximate surface area is 111 Å². The van der Waals surface area contributed by atoms with Crippen molar-refractivity contribution >= 4 is 21.8 Å². The minimum Gasteiger partial charge on any atom is -0.357 e. The summed E-state index contributed by atoms with van der Waals surface area (Å²) < 4.78 is 26.6. The molecule has 0 saturated carbocycles. The van der Waals surface area contributed by atoms with Gasteiger partial charge in [-0.2, -0.15) is 0 Å².